The molecule has 0 radical (unpaired) electrons. The minimum atomic E-state index is -0.0714. The number of nitrogens with zero attached hydrogens (tertiary/aromatic N) is 5. The summed E-state index contributed by atoms with van der Waals surface area (Å²) in [4.78, 5) is 8.66. The van der Waals surface area contributed by atoms with Gasteiger partial charge in [0, 0.05) is 6.20 Å². The molecule has 4 aromatic rings. The highest BCUT2D eigenvalue weighted by Gasteiger charge is 2.24. The van der Waals surface area contributed by atoms with Crippen molar-refractivity contribution < 1.29 is 14.0 Å². The number of fused-ring (bicyclic) bond motifs is 1. The fraction of sp³-hybridized carbons (Fsp3) is 0.200. The molecular weight excluding hydrogens is 358 g/mol. The van der Waals surface area contributed by atoms with Crippen LogP contribution in [0.2, 0.25) is 0 Å². The van der Waals surface area contributed by atoms with Crippen LogP contribution in [0, 0.1) is 0 Å². The van der Waals surface area contributed by atoms with E-state index >= 15 is 0 Å². The Morgan fingerprint density at radius 3 is 2.79 bits per heavy atom. The predicted octanol–water partition coefficient (Wildman–Crippen LogP) is 3.28. The Hall–Kier alpha value is -3.52. The maximum atomic E-state index is 6.01. The Bertz CT molecular complexity index is 1090. The molecule has 0 unspecified atom stereocenters. The number of benzene rings is 1. The van der Waals surface area contributed by atoms with Gasteiger partial charge >= 0.3 is 0 Å². The summed E-state index contributed by atoms with van der Waals surface area (Å²) >= 11 is 0. The number of pyridine rings is 1. The molecule has 0 spiro atoms. The number of methoxy groups -OCH3 is 1. The van der Waals surface area contributed by atoms with Crippen molar-refractivity contribution in [3.05, 3.63) is 66.0 Å². The van der Waals surface area contributed by atoms with Gasteiger partial charge in [0.15, 0.2) is 5.69 Å². The van der Waals surface area contributed by atoms with Crippen LogP contribution < -0.4 is 4.74 Å². The van der Waals surface area contributed by atoms with Crippen LogP contribution in [0.5, 0.6) is 5.75 Å². The molecule has 0 bridgehead atoms. The molecule has 0 saturated carbocycles. The third kappa shape index (κ3) is 3.03. The van der Waals surface area contributed by atoms with Crippen molar-refractivity contribution in [3.8, 4) is 28.9 Å². The second kappa shape index (κ2) is 6.90. The summed E-state index contributed by atoms with van der Waals surface area (Å²) in [5.41, 5.74) is 3.34. The molecular formula is C20H17N5O3. The van der Waals surface area contributed by atoms with E-state index in [9.17, 15) is 0 Å². The number of ether oxygens (including phenoxy) is 2. The fourth-order valence-corrected chi connectivity index (χ4v) is 3.18. The third-order valence-corrected chi connectivity index (χ3v) is 4.66. The standard InChI is InChI=1S/C20H17N5O3/c1-26-15-7-5-13(6-8-15)18-11-25-14(12-27-18)10-17(23-25)20-22-19(24-28-20)16-4-2-3-9-21-16/h2-10,18H,11-12H2,1H3/t18-/m1/s1. The van der Waals surface area contributed by atoms with Gasteiger partial charge in [-0.05, 0) is 35.9 Å². The van der Waals surface area contributed by atoms with E-state index in [0.717, 1.165) is 17.0 Å². The Labute approximate surface area is 160 Å². The number of aromatic nitrogens is 5. The van der Waals surface area contributed by atoms with Crippen LogP contribution in [0.1, 0.15) is 17.4 Å². The van der Waals surface area contributed by atoms with E-state index in [-0.39, 0.29) is 6.10 Å². The zero-order valence-electron chi connectivity index (χ0n) is 15.1. The first kappa shape index (κ1) is 16.6. The van der Waals surface area contributed by atoms with Crippen LogP contribution in [0.3, 0.4) is 0 Å². The topological polar surface area (TPSA) is 88.1 Å². The molecule has 28 heavy (non-hydrogen) atoms. The molecule has 1 aromatic carbocycles. The monoisotopic (exact) mass is 375 g/mol. The van der Waals surface area contributed by atoms with E-state index in [2.05, 4.69) is 20.2 Å². The molecule has 1 atom stereocenters. The van der Waals surface area contributed by atoms with Crippen molar-refractivity contribution in [3.63, 3.8) is 0 Å². The molecule has 0 amide bonds. The summed E-state index contributed by atoms with van der Waals surface area (Å²) in [6.07, 6.45) is 1.62. The number of rotatable bonds is 4. The van der Waals surface area contributed by atoms with Crippen molar-refractivity contribution in [1.82, 2.24) is 24.9 Å². The highest BCUT2D eigenvalue weighted by molar-refractivity contribution is 5.54. The molecule has 140 valence electrons. The predicted molar refractivity (Wildman–Crippen MR) is 99.3 cm³/mol. The zero-order valence-corrected chi connectivity index (χ0v) is 15.1. The second-order valence-electron chi connectivity index (χ2n) is 6.41. The highest BCUT2D eigenvalue weighted by atomic mass is 16.5. The Morgan fingerprint density at radius 1 is 1.11 bits per heavy atom. The van der Waals surface area contributed by atoms with Crippen LogP contribution in [0.25, 0.3) is 23.1 Å². The first-order valence-electron chi connectivity index (χ1n) is 8.88. The SMILES string of the molecule is COc1ccc([C@H]2Cn3nc(-c4nc(-c5ccccn5)no4)cc3CO2)cc1. The van der Waals surface area contributed by atoms with Crippen LogP contribution in [-0.2, 0) is 17.9 Å². The largest absolute Gasteiger partial charge is 0.497 e. The summed E-state index contributed by atoms with van der Waals surface area (Å²) in [6.45, 7) is 1.08. The van der Waals surface area contributed by atoms with Crippen molar-refractivity contribution in [2.45, 2.75) is 19.3 Å². The molecule has 4 heterocycles. The second-order valence-corrected chi connectivity index (χ2v) is 6.41. The molecule has 0 N–H and O–H groups in total. The molecule has 1 aliphatic rings. The van der Waals surface area contributed by atoms with Crippen LogP contribution in [0.4, 0.5) is 0 Å². The lowest BCUT2D eigenvalue weighted by atomic mass is 10.1. The quantitative estimate of drug-likeness (QED) is 0.541. The van der Waals surface area contributed by atoms with Gasteiger partial charge in [0.2, 0.25) is 5.82 Å². The van der Waals surface area contributed by atoms with Gasteiger partial charge in [-0.3, -0.25) is 9.67 Å². The molecule has 0 fully saturated rings. The van der Waals surface area contributed by atoms with E-state index in [4.69, 9.17) is 14.0 Å². The smallest absolute Gasteiger partial charge is 0.278 e. The first-order chi connectivity index (χ1) is 13.8. The Balaban J connectivity index is 1.38. The van der Waals surface area contributed by atoms with Gasteiger partial charge in [-0.15, -0.1) is 0 Å². The minimum absolute atomic E-state index is 0.0714. The summed E-state index contributed by atoms with van der Waals surface area (Å²) in [6, 6.07) is 15.4. The van der Waals surface area contributed by atoms with Crippen LogP contribution in [-0.4, -0.2) is 32.0 Å². The maximum Gasteiger partial charge on any atom is 0.278 e. The molecule has 3 aromatic heterocycles. The minimum Gasteiger partial charge on any atom is -0.497 e. The average molecular weight is 375 g/mol. The summed E-state index contributed by atoms with van der Waals surface area (Å²) in [5, 5.41) is 8.64. The normalized spacial score (nSPS) is 16.0. The number of hydrogen-bond acceptors (Lipinski definition) is 7. The number of hydrogen-bond donors (Lipinski definition) is 0. The lowest BCUT2D eigenvalue weighted by Crippen LogP contribution is -2.21. The van der Waals surface area contributed by atoms with Crippen molar-refractivity contribution >= 4 is 0 Å². The van der Waals surface area contributed by atoms with Gasteiger partial charge in [-0.1, -0.05) is 23.4 Å². The average Bonchev–Trinajstić information content (AvgIpc) is 3.41. The lowest BCUT2D eigenvalue weighted by molar-refractivity contribution is -0.00115. The molecule has 5 rings (SSSR count). The molecule has 0 saturated heterocycles. The van der Waals surface area contributed by atoms with Gasteiger partial charge in [0.25, 0.3) is 5.89 Å². The Morgan fingerprint density at radius 2 is 2.00 bits per heavy atom. The van der Waals surface area contributed by atoms with Crippen molar-refractivity contribution in [2.75, 3.05) is 7.11 Å². The Kier molecular flexibility index (Phi) is 4.10. The van der Waals surface area contributed by atoms with Gasteiger partial charge in [-0.25, -0.2) is 0 Å². The summed E-state index contributed by atoms with van der Waals surface area (Å²) in [7, 11) is 1.65. The van der Waals surface area contributed by atoms with Gasteiger partial charge in [0.1, 0.15) is 17.5 Å². The zero-order chi connectivity index (χ0) is 18.9. The fourth-order valence-electron chi connectivity index (χ4n) is 3.18. The molecule has 0 aliphatic carbocycles. The van der Waals surface area contributed by atoms with Crippen molar-refractivity contribution in [1.29, 1.82) is 0 Å². The van der Waals surface area contributed by atoms with Crippen molar-refractivity contribution in [2.24, 2.45) is 0 Å². The third-order valence-electron chi connectivity index (χ3n) is 4.66. The van der Waals surface area contributed by atoms with Crippen LogP contribution in [0.15, 0.2) is 59.3 Å². The summed E-state index contributed by atoms with van der Waals surface area (Å²) < 4.78 is 18.5. The van der Waals surface area contributed by atoms with Crippen LogP contribution >= 0.6 is 0 Å². The molecule has 8 nitrogen and oxygen atoms in total. The van der Waals surface area contributed by atoms with Gasteiger partial charge in [-0.2, -0.15) is 10.1 Å². The van der Waals surface area contributed by atoms with E-state index in [1.54, 1.807) is 13.3 Å². The lowest BCUT2D eigenvalue weighted by Gasteiger charge is -2.24. The molecule has 1 aliphatic heterocycles. The van der Waals surface area contributed by atoms with E-state index in [1.165, 1.54) is 0 Å². The van der Waals surface area contributed by atoms with Gasteiger partial charge in [0.05, 0.1) is 26.0 Å². The van der Waals surface area contributed by atoms with E-state index in [1.807, 2.05) is 53.2 Å². The van der Waals surface area contributed by atoms with Gasteiger partial charge < -0.3 is 14.0 Å². The maximum absolute atomic E-state index is 6.01. The highest BCUT2D eigenvalue weighted by Crippen LogP contribution is 2.30. The molecule has 8 heteroatoms. The van der Waals surface area contributed by atoms with E-state index in [0.29, 0.717) is 36.3 Å². The van der Waals surface area contributed by atoms with E-state index < -0.39 is 0 Å². The summed E-state index contributed by atoms with van der Waals surface area (Å²) in [5.74, 6) is 1.62. The first-order valence-corrected chi connectivity index (χ1v) is 8.88.